The highest BCUT2D eigenvalue weighted by molar-refractivity contribution is 6.31. The van der Waals surface area contributed by atoms with E-state index < -0.39 is 0 Å². The Kier molecular flexibility index (Phi) is 6.66. The topological polar surface area (TPSA) is 65.4 Å². The van der Waals surface area contributed by atoms with E-state index in [9.17, 15) is 4.79 Å². The van der Waals surface area contributed by atoms with Crippen LogP contribution < -0.4 is 14.8 Å². The van der Waals surface area contributed by atoms with Gasteiger partial charge in [0, 0.05) is 16.3 Å². The summed E-state index contributed by atoms with van der Waals surface area (Å²) in [5.74, 6) is 1.57. The quantitative estimate of drug-likeness (QED) is 0.353. The molecule has 1 amide bonds. The number of amides is 1. The molecule has 33 heavy (non-hydrogen) atoms. The van der Waals surface area contributed by atoms with Crippen LogP contribution in [0.1, 0.15) is 27.3 Å². The minimum absolute atomic E-state index is 0.255. The zero-order valence-corrected chi connectivity index (χ0v) is 19.4. The molecule has 0 fully saturated rings. The lowest BCUT2D eigenvalue weighted by atomic mass is 10.1. The molecule has 4 aromatic rings. The Labute approximate surface area is 197 Å². The molecule has 1 N–H and O–H groups in total. The number of carbonyl (C=O) groups excluding carboxylic acids is 1. The van der Waals surface area contributed by atoms with Crippen molar-refractivity contribution in [1.29, 1.82) is 0 Å². The summed E-state index contributed by atoms with van der Waals surface area (Å²) in [6.07, 6.45) is 0. The lowest BCUT2D eigenvalue weighted by molar-refractivity contribution is 0.102. The minimum atomic E-state index is -0.255. The molecule has 0 aliphatic carbocycles. The third kappa shape index (κ3) is 5.54. The van der Waals surface area contributed by atoms with Crippen molar-refractivity contribution in [2.24, 2.45) is 0 Å². The lowest BCUT2D eigenvalue weighted by Gasteiger charge is -2.13. The fraction of sp³-hybridized carbons (Fsp3) is 0.154. The fourth-order valence-electron chi connectivity index (χ4n) is 3.42. The second-order valence-electron chi connectivity index (χ2n) is 7.65. The maximum atomic E-state index is 12.9. The average molecular weight is 462 g/mol. The van der Waals surface area contributed by atoms with E-state index in [1.54, 1.807) is 61.7 Å². The van der Waals surface area contributed by atoms with Crippen molar-refractivity contribution in [3.8, 4) is 17.2 Å². The van der Waals surface area contributed by atoms with Gasteiger partial charge in [0.25, 0.3) is 5.91 Å². The van der Waals surface area contributed by atoms with Crippen LogP contribution >= 0.6 is 11.6 Å². The molecule has 6 nitrogen and oxygen atoms in total. The van der Waals surface area contributed by atoms with Crippen molar-refractivity contribution >= 4 is 23.2 Å². The normalized spacial score (nSPS) is 10.7. The molecule has 0 unspecified atom stereocenters. The first-order valence-electron chi connectivity index (χ1n) is 10.4. The zero-order chi connectivity index (χ0) is 23.4. The van der Waals surface area contributed by atoms with Crippen LogP contribution in [-0.4, -0.2) is 22.8 Å². The van der Waals surface area contributed by atoms with E-state index in [2.05, 4.69) is 10.4 Å². The number of carbonyl (C=O) groups is 1. The van der Waals surface area contributed by atoms with Crippen LogP contribution in [0.25, 0.3) is 0 Å². The van der Waals surface area contributed by atoms with E-state index in [-0.39, 0.29) is 5.91 Å². The van der Waals surface area contributed by atoms with Crippen LogP contribution in [0.3, 0.4) is 0 Å². The predicted octanol–water partition coefficient (Wildman–Crippen LogP) is 6.25. The number of nitrogens with zero attached hydrogens (tertiary/aromatic N) is 2. The smallest absolute Gasteiger partial charge is 0.255 e. The average Bonchev–Trinajstić information content (AvgIpc) is 3.13. The van der Waals surface area contributed by atoms with E-state index in [1.807, 2.05) is 36.7 Å². The molecule has 4 rings (SSSR count). The Morgan fingerprint density at radius 1 is 0.970 bits per heavy atom. The van der Waals surface area contributed by atoms with E-state index >= 15 is 0 Å². The summed E-state index contributed by atoms with van der Waals surface area (Å²) in [4.78, 5) is 12.9. The van der Waals surface area contributed by atoms with Gasteiger partial charge in [-0.25, -0.2) is 0 Å². The number of ether oxygens (including phenoxy) is 2. The summed E-state index contributed by atoms with van der Waals surface area (Å²) in [6.45, 7) is 4.65. The molecule has 0 radical (unpaired) electrons. The number of rotatable bonds is 7. The second-order valence-corrected chi connectivity index (χ2v) is 8.09. The first-order chi connectivity index (χ1) is 15.9. The highest BCUT2D eigenvalue weighted by Crippen LogP contribution is 2.33. The number of halogens is 1. The number of benzene rings is 3. The third-order valence-corrected chi connectivity index (χ3v) is 5.36. The van der Waals surface area contributed by atoms with E-state index in [0.29, 0.717) is 34.3 Å². The van der Waals surface area contributed by atoms with Gasteiger partial charge < -0.3 is 14.8 Å². The summed E-state index contributed by atoms with van der Waals surface area (Å²) < 4.78 is 13.1. The Morgan fingerprint density at radius 2 is 1.67 bits per heavy atom. The van der Waals surface area contributed by atoms with Crippen molar-refractivity contribution in [2.75, 3.05) is 12.4 Å². The second kappa shape index (κ2) is 9.79. The first kappa shape index (κ1) is 22.4. The Morgan fingerprint density at radius 3 is 2.30 bits per heavy atom. The molecule has 3 aromatic carbocycles. The number of aromatic nitrogens is 2. The largest absolute Gasteiger partial charge is 0.497 e. The highest BCUT2D eigenvalue weighted by atomic mass is 35.5. The van der Waals surface area contributed by atoms with Gasteiger partial charge in [-0.2, -0.15) is 5.10 Å². The van der Waals surface area contributed by atoms with Gasteiger partial charge in [0.15, 0.2) is 5.75 Å². The number of hydrogen-bond acceptors (Lipinski definition) is 4. The predicted molar refractivity (Wildman–Crippen MR) is 130 cm³/mol. The van der Waals surface area contributed by atoms with Crippen molar-refractivity contribution in [3.63, 3.8) is 0 Å². The first-order valence-corrected chi connectivity index (χ1v) is 10.8. The number of aryl methyl sites for hydroxylation is 2. The molecule has 0 saturated heterocycles. The molecule has 0 aliphatic heterocycles. The standard InChI is InChI=1S/C26H24ClN3O3/c1-17-14-18(2)30(29-17)16-19-4-6-20(7-5-19)26(31)28-24-15-21(27)8-13-25(24)33-23-11-9-22(32-3)10-12-23/h4-15H,16H2,1-3H3,(H,28,31). The van der Waals surface area contributed by atoms with Gasteiger partial charge >= 0.3 is 0 Å². The van der Waals surface area contributed by atoms with E-state index in [4.69, 9.17) is 21.1 Å². The molecule has 0 atom stereocenters. The summed E-state index contributed by atoms with van der Waals surface area (Å²) in [6, 6.07) is 21.8. The van der Waals surface area contributed by atoms with Crippen LogP contribution in [0, 0.1) is 13.8 Å². The number of nitrogens with one attached hydrogen (secondary N) is 1. The van der Waals surface area contributed by atoms with Gasteiger partial charge in [0.05, 0.1) is 25.0 Å². The summed E-state index contributed by atoms with van der Waals surface area (Å²) in [5, 5.41) is 7.88. The van der Waals surface area contributed by atoms with Crippen molar-refractivity contribution in [2.45, 2.75) is 20.4 Å². The van der Waals surface area contributed by atoms with E-state index in [1.165, 1.54) is 0 Å². The van der Waals surface area contributed by atoms with Gasteiger partial charge in [-0.05, 0) is 80.1 Å². The number of anilines is 1. The Balaban J connectivity index is 1.48. The van der Waals surface area contributed by atoms with Crippen molar-refractivity contribution in [3.05, 3.63) is 100 Å². The van der Waals surface area contributed by atoms with Gasteiger partial charge in [-0.1, -0.05) is 23.7 Å². The molecule has 1 aromatic heterocycles. The van der Waals surface area contributed by atoms with Gasteiger partial charge in [0.2, 0.25) is 0 Å². The number of methoxy groups -OCH3 is 1. The molecule has 0 spiro atoms. The third-order valence-electron chi connectivity index (χ3n) is 5.13. The van der Waals surface area contributed by atoms with Gasteiger partial charge in [-0.3, -0.25) is 9.48 Å². The summed E-state index contributed by atoms with van der Waals surface area (Å²) >= 11 is 6.17. The number of hydrogen-bond donors (Lipinski definition) is 1. The monoisotopic (exact) mass is 461 g/mol. The van der Waals surface area contributed by atoms with Gasteiger partial charge in [0.1, 0.15) is 11.5 Å². The summed E-state index contributed by atoms with van der Waals surface area (Å²) in [7, 11) is 1.61. The molecule has 7 heteroatoms. The lowest BCUT2D eigenvalue weighted by Crippen LogP contribution is -2.13. The van der Waals surface area contributed by atoms with Crippen LogP contribution in [0.5, 0.6) is 17.2 Å². The van der Waals surface area contributed by atoms with Crippen molar-refractivity contribution in [1.82, 2.24) is 9.78 Å². The van der Waals surface area contributed by atoms with Crippen LogP contribution in [0.2, 0.25) is 5.02 Å². The minimum Gasteiger partial charge on any atom is -0.497 e. The summed E-state index contributed by atoms with van der Waals surface area (Å²) in [5.41, 5.74) is 4.15. The zero-order valence-electron chi connectivity index (χ0n) is 18.6. The van der Waals surface area contributed by atoms with E-state index in [0.717, 1.165) is 22.7 Å². The SMILES string of the molecule is COc1ccc(Oc2ccc(Cl)cc2NC(=O)c2ccc(Cn3nc(C)cc3C)cc2)cc1. The maximum absolute atomic E-state index is 12.9. The fourth-order valence-corrected chi connectivity index (χ4v) is 3.60. The van der Waals surface area contributed by atoms with Crippen LogP contribution in [-0.2, 0) is 6.54 Å². The molecule has 168 valence electrons. The molecule has 0 bridgehead atoms. The molecule has 1 heterocycles. The highest BCUT2D eigenvalue weighted by Gasteiger charge is 2.12. The molecular formula is C26H24ClN3O3. The van der Waals surface area contributed by atoms with Crippen LogP contribution in [0.15, 0.2) is 72.8 Å². The van der Waals surface area contributed by atoms with Gasteiger partial charge in [-0.15, -0.1) is 0 Å². The Hall–Kier alpha value is -3.77. The maximum Gasteiger partial charge on any atom is 0.255 e. The van der Waals surface area contributed by atoms with Crippen molar-refractivity contribution < 1.29 is 14.3 Å². The van der Waals surface area contributed by atoms with Crippen LogP contribution in [0.4, 0.5) is 5.69 Å². The Bertz CT molecular complexity index is 1270. The molecular weight excluding hydrogens is 438 g/mol. The molecule has 0 aliphatic rings. The molecule has 0 saturated carbocycles.